The predicted octanol–water partition coefficient (Wildman–Crippen LogP) is 2.90. The van der Waals surface area contributed by atoms with Crippen LogP contribution in [0.25, 0.3) is 11.3 Å². The van der Waals surface area contributed by atoms with Gasteiger partial charge in [-0.25, -0.2) is 4.98 Å². The molecule has 1 fully saturated rings. The molecular weight excluding hydrogens is 252 g/mol. The fourth-order valence-corrected chi connectivity index (χ4v) is 2.50. The van der Waals surface area contributed by atoms with Crippen molar-refractivity contribution in [3.05, 3.63) is 42.4 Å². The number of amides is 1. The summed E-state index contributed by atoms with van der Waals surface area (Å²) in [5.74, 6) is 1.60. The molecule has 0 aliphatic carbocycles. The highest BCUT2D eigenvalue weighted by molar-refractivity contribution is 5.76. The van der Waals surface area contributed by atoms with Crippen LogP contribution in [-0.2, 0) is 11.2 Å². The lowest BCUT2D eigenvalue weighted by molar-refractivity contribution is -0.130. The summed E-state index contributed by atoms with van der Waals surface area (Å²) < 4.78 is 5.70. The van der Waals surface area contributed by atoms with Gasteiger partial charge in [0.2, 0.25) is 5.91 Å². The molecule has 4 nitrogen and oxygen atoms in total. The average Bonchev–Trinajstić information content (AvgIpc) is 3.17. The second kappa shape index (κ2) is 5.90. The Kier molecular flexibility index (Phi) is 3.81. The molecule has 1 aliphatic heterocycles. The van der Waals surface area contributed by atoms with E-state index < -0.39 is 0 Å². The zero-order valence-electron chi connectivity index (χ0n) is 11.4. The van der Waals surface area contributed by atoms with Crippen molar-refractivity contribution in [2.45, 2.75) is 25.7 Å². The van der Waals surface area contributed by atoms with Gasteiger partial charge >= 0.3 is 0 Å². The van der Waals surface area contributed by atoms with Gasteiger partial charge in [0.15, 0.2) is 11.7 Å². The third-order valence-electron chi connectivity index (χ3n) is 3.62. The first-order chi connectivity index (χ1) is 9.83. The van der Waals surface area contributed by atoms with E-state index in [9.17, 15) is 4.79 Å². The summed E-state index contributed by atoms with van der Waals surface area (Å²) in [5.41, 5.74) is 1.01. The van der Waals surface area contributed by atoms with E-state index in [4.69, 9.17) is 4.42 Å². The Bertz CT molecular complexity index is 571. The van der Waals surface area contributed by atoms with Crippen molar-refractivity contribution in [1.29, 1.82) is 0 Å². The lowest BCUT2D eigenvalue weighted by atomic mass is 10.2. The summed E-state index contributed by atoms with van der Waals surface area (Å²) in [6, 6.07) is 9.87. The minimum Gasteiger partial charge on any atom is -0.441 e. The summed E-state index contributed by atoms with van der Waals surface area (Å²) in [5, 5.41) is 0. The van der Waals surface area contributed by atoms with Crippen LogP contribution in [0.2, 0.25) is 0 Å². The van der Waals surface area contributed by atoms with E-state index in [0.29, 0.717) is 18.7 Å². The number of nitrogens with zero attached hydrogens (tertiary/aromatic N) is 2. The predicted molar refractivity (Wildman–Crippen MR) is 76.1 cm³/mol. The standard InChI is InChI=1S/C16H18N2O2/c19-16(18-10-4-5-11-18)9-8-15-17-12-14(20-15)13-6-2-1-3-7-13/h1-3,6-7,12H,4-5,8-11H2. The maximum Gasteiger partial charge on any atom is 0.223 e. The van der Waals surface area contributed by atoms with Gasteiger partial charge in [0.1, 0.15) is 0 Å². The number of rotatable bonds is 4. The van der Waals surface area contributed by atoms with Crippen molar-refractivity contribution in [1.82, 2.24) is 9.88 Å². The number of likely N-dealkylation sites (tertiary alicyclic amines) is 1. The van der Waals surface area contributed by atoms with Gasteiger partial charge in [-0.05, 0) is 12.8 Å². The Morgan fingerprint density at radius 1 is 1.20 bits per heavy atom. The van der Waals surface area contributed by atoms with Crippen molar-refractivity contribution in [3.63, 3.8) is 0 Å². The average molecular weight is 270 g/mol. The van der Waals surface area contributed by atoms with Gasteiger partial charge < -0.3 is 9.32 Å². The van der Waals surface area contributed by atoms with Gasteiger partial charge in [-0.1, -0.05) is 30.3 Å². The van der Waals surface area contributed by atoms with Crippen LogP contribution in [0.15, 0.2) is 40.9 Å². The van der Waals surface area contributed by atoms with Gasteiger partial charge in [0.05, 0.1) is 6.20 Å². The van der Waals surface area contributed by atoms with Crippen LogP contribution >= 0.6 is 0 Å². The van der Waals surface area contributed by atoms with E-state index in [0.717, 1.165) is 37.3 Å². The molecule has 2 heterocycles. The Labute approximate surface area is 118 Å². The third-order valence-corrected chi connectivity index (χ3v) is 3.62. The summed E-state index contributed by atoms with van der Waals surface area (Å²) in [7, 11) is 0. The van der Waals surface area contributed by atoms with Crippen LogP contribution in [0.4, 0.5) is 0 Å². The first-order valence-corrected chi connectivity index (χ1v) is 7.11. The molecule has 1 saturated heterocycles. The molecule has 20 heavy (non-hydrogen) atoms. The monoisotopic (exact) mass is 270 g/mol. The van der Waals surface area contributed by atoms with Crippen molar-refractivity contribution in [2.75, 3.05) is 13.1 Å². The molecule has 104 valence electrons. The molecule has 1 amide bonds. The number of carbonyl (C=O) groups is 1. The second-order valence-electron chi connectivity index (χ2n) is 5.07. The summed E-state index contributed by atoms with van der Waals surface area (Å²) >= 11 is 0. The smallest absolute Gasteiger partial charge is 0.223 e. The lowest BCUT2D eigenvalue weighted by Gasteiger charge is -2.14. The van der Waals surface area contributed by atoms with Crippen molar-refractivity contribution in [3.8, 4) is 11.3 Å². The first-order valence-electron chi connectivity index (χ1n) is 7.11. The van der Waals surface area contributed by atoms with Crippen LogP contribution < -0.4 is 0 Å². The lowest BCUT2D eigenvalue weighted by Crippen LogP contribution is -2.27. The molecular formula is C16H18N2O2. The fraction of sp³-hybridized carbons (Fsp3) is 0.375. The number of oxazole rings is 1. The topological polar surface area (TPSA) is 46.3 Å². The largest absolute Gasteiger partial charge is 0.441 e. The molecule has 1 aliphatic rings. The number of hydrogen-bond acceptors (Lipinski definition) is 3. The number of aryl methyl sites for hydroxylation is 1. The van der Waals surface area contributed by atoms with Gasteiger partial charge in [0.25, 0.3) is 0 Å². The highest BCUT2D eigenvalue weighted by Crippen LogP contribution is 2.20. The molecule has 0 unspecified atom stereocenters. The number of benzene rings is 1. The first kappa shape index (κ1) is 12.9. The minimum atomic E-state index is 0.210. The van der Waals surface area contributed by atoms with E-state index in [2.05, 4.69) is 4.98 Å². The van der Waals surface area contributed by atoms with Crippen LogP contribution in [0.1, 0.15) is 25.2 Å². The molecule has 1 aromatic carbocycles. The zero-order chi connectivity index (χ0) is 13.8. The molecule has 0 atom stereocenters. The summed E-state index contributed by atoms with van der Waals surface area (Å²) in [6.45, 7) is 1.80. The zero-order valence-corrected chi connectivity index (χ0v) is 11.4. The van der Waals surface area contributed by atoms with Crippen LogP contribution in [0, 0.1) is 0 Å². The molecule has 0 spiro atoms. The molecule has 4 heteroatoms. The van der Waals surface area contributed by atoms with Gasteiger partial charge in [-0.15, -0.1) is 0 Å². The van der Waals surface area contributed by atoms with E-state index >= 15 is 0 Å². The maximum atomic E-state index is 12.0. The second-order valence-corrected chi connectivity index (χ2v) is 5.07. The normalized spacial score (nSPS) is 14.7. The van der Waals surface area contributed by atoms with Crippen LogP contribution in [0.3, 0.4) is 0 Å². The highest BCUT2D eigenvalue weighted by Gasteiger charge is 2.18. The minimum absolute atomic E-state index is 0.210. The summed E-state index contributed by atoms with van der Waals surface area (Å²) in [4.78, 5) is 18.1. The molecule has 0 radical (unpaired) electrons. The van der Waals surface area contributed by atoms with E-state index in [1.807, 2.05) is 35.2 Å². The number of hydrogen-bond donors (Lipinski definition) is 0. The third kappa shape index (κ3) is 2.90. The van der Waals surface area contributed by atoms with Gasteiger partial charge in [0, 0.05) is 31.5 Å². The Morgan fingerprint density at radius 2 is 1.95 bits per heavy atom. The van der Waals surface area contributed by atoms with Crippen molar-refractivity contribution in [2.24, 2.45) is 0 Å². The van der Waals surface area contributed by atoms with Crippen molar-refractivity contribution >= 4 is 5.91 Å². The van der Waals surface area contributed by atoms with E-state index in [-0.39, 0.29) is 5.91 Å². The van der Waals surface area contributed by atoms with Gasteiger partial charge in [-0.3, -0.25) is 4.79 Å². The molecule has 2 aromatic rings. The van der Waals surface area contributed by atoms with Crippen LogP contribution in [0.5, 0.6) is 0 Å². The maximum absolute atomic E-state index is 12.0. The van der Waals surface area contributed by atoms with Crippen molar-refractivity contribution < 1.29 is 9.21 Å². The van der Waals surface area contributed by atoms with E-state index in [1.54, 1.807) is 6.20 Å². The Balaban J connectivity index is 1.59. The van der Waals surface area contributed by atoms with Gasteiger partial charge in [-0.2, -0.15) is 0 Å². The van der Waals surface area contributed by atoms with E-state index in [1.165, 1.54) is 0 Å². The summed E-state index contributed by atoms with van der Waals surface area (Å²) in [6.07, 6.45) is 5.04. The van der Waals surface area contributed by atoms with Crippen LogP contribution in [-0.4, -0.2) is 28.9 Å². The molecule has 0 saturated carbocycles. The Hall–Kier alpha value is -2.10. The molecule has 0 N–H and O–H groups in total. The Morgan fingerprint density at radius 3 is 2.70 bits per heavy atom. The quantitative estimate of drug-likeness (QED) is 0.858. The molecule has 0 bridgehead atoms. The number of carbonyl (C=O) groups excluding carboxylic acids is 1. The number of aromatic nitrogens is 1. The highest BCUT2D eigenvalue weighted by atomic mass is 16.4. The molecule has 3 rings (SSSR count). The SMILES string of the molecule is O=C(CCc1ncc(-c2ccccc2)o1)N1CCCC1. The fourth-order valence-electron chi connectivity index (χ4n) is 2.50. The molecule has 1 aromatic heterocycles.